The topological polar surface area (TPSA) is 13.1 Å². The summed E-state index contributed by atoms with van der Waals surface area (Å²) in [6, 6.07) is 9.42. The first-order valence-corrected chi connectivity index (χ1v) is 11.9. The lowest BCUT2D eigenvalue weighted by Crippen LogP contribution is -2.17. The van der Waals surface area contributed by atoms with Crippen LogP contribution in [0.25, 0.3) is 38.6 Å². The number of allylic oxidation sites excluding steroid dienone is 3. The lowest BCUT2D eigenvalue weighted by Gasteiger charge is -2.21. The summed E-state index contributed by atoms with van der Waals surface area (Å²) in [4.78, 5) is 0. The van der Waals surface area contributed by atoms with E-state index >= 15 is 0 Å². The zero-order chi connectivity index (χ0) is 20.7. The minimum atomic E-state index is 0.561. The van der Waals surface area contributed by atoms with Crippen molar-refractivity contribution in [2.24, 2.45) is 0 Å². The van der Waals surface area contributed by atoms with E-state index in [0.717, 1.165) is 30.6 Å². The minimum Gasteiger partial charge on any atom is -0.460 e. The molecule has 2 heteroatoms. The number of aryl methyl sites for hydroxylation is 3. The molecule has 2 unspecified atom stereocenters. The molecule has 1 nitrogen and oxygen atoms in total. The van der Waals surface area contributed by atoms with Crippen molar-refractivity contribution in [2.75, 3.05) is 0 Å². The minimum absolute atomic E-state index is 0.561. The number of hydrogen-bond donors (Lipinski definition) is 0. The SMILES string of the molecule is CCc1c2c3c(ccc2c(C)c2ccc4c5c(oc4c12)CCC=C5)C1C=CCCC1[B]3. The molecule has 0 bridgehead atoms. The monoisotopic (exact) mass is 401 g/mol. The molecule has 2 heterocycles. The van der Waals surface area contributed by atoms with E-state index in [-0.39, 0.29) is 0 Å². The van der Waals surface area contributed by atoms with E-state index < -0.39 is 0 Å². The maximum atomic E-state index is 6.59. The normalized spacial score (nSPS) is 21.5. The highest BCUT2D eigenvalue weighted by molar-refractivity contribution is 6.61. The Balaban J connectivity index is 1.64. The first-order chi connectivity index (χ1) is 15.3. The Labute approximate surface area is 184 Å². The molecule has 0 saturated carbocycles. The van der Waals surface area contributed by atoms with Crippen molar-refractivity contribution in [3.8, 4) is 0 Å². The number of furan rings is 1. The fourth-order valence-electron chi connectivity index (χ4n) is 6.58. The number of hydrogen-bond acceptors (Lipinski definition) is 1. The lowest BCUT2D eigenvalue weighted by molar-refractivity contribution is 0.548. The van der Waals surface area contributed by atoms with Crippen LogP contribution in [0.3, 0.4) is 0 Å². The van der Waals surface area contributed by atoms with Crippen LogP contribution in [-0.4, -0.2) is 7.28 Å². The largest absolute Gasteiger partial charge is 0.460 e. The number of benzene rings is 3. The summed E-state index contributed by atoms with van der Waals surface area (Å²) in [5, 5.41) is 6.87. The molecule has 1 aliphatic heterocycles. The molecule has 3 aliphatic rings. The van der Waals surface area contributed by atoms with E-state index in [9.17, 15) is 0 Å². The molecule has 0 spiro atoms. The molecular weight excluding hydrogens is 375 g/mol. The standard InChI is InChI=1S/C29H26BO/c1-3-17-26-18(12-14-22-20-8-4-6-10-24(20)30-28(22)26)16(2)19-13-15-23-21-9-5-7-11-25(21)31-29(23)27(17)19/h4-5,8-9,12-15,20,24H,3,6-7,10-11H2,1-2H3. The third kappa shape index (κ3) is 2.29. The Morgan fingerprint density at radius 1 is 1.00 bits per heavy atom. The average Bonchev–Trinajstić information content (AvgIpc) is 3.38. The van der Waals surface area contributed by atoms with Crippen molar-refractivity contribution in [3.05, 3.63) is 70.5 Å². The van der Waals surface area contributed by atoms with Crippen LogP contribution in [-0.2, 0) is 12.8 Å². The highest BCUT2D eigenvalue weighted by atomic mass is 16.3. The molecule has 0 fully saturated rings. The maximum Gasteiger partial charge on any atom is 0.157 e. The Hall–Kier alpha value is -2.74. The van der Waals surface area contributed by atoms with E-state index in [1.807, 2.05) is 0 Å². The van der Waals surface area contributed by atoms with Gasteiger partial charge in [-0.1, -0.05) is 67.1 Å². The van der Waals surface area contributed by atoms with Crippen LogP contribution in [0.5, 0.6) is 0 Å². The predicted octanol–water partition coefficient (Wildman–Crippen LogP) is 7.13. The molecule has 0 N–H and O–H groups in total. The van der Waals surface area contributed by atoms with E-state index in [2.05, 4.69) is 69.7 Å². The zero-order valence-corrected chi connectivity index (χ0v) is 18.3. The Morgan fingerprint density at radius 2 is 1.84 bits per heavy atom. The second-order valence-electron chi connectivity index (χ2n) is 9.55. The van der Waals surface area contributed by atoms with Gasteiger partial charge in [0, 0.05) is 22.8 Å². The summed E-state index contributed by atoms with van der Waals surface area (Å²) in [5.74, 6) is 2.37. The van der Waals surface area contributed by atoms with Gasteiger partial charge in [0.15, 0.2) is 7.28 Å². The molecular formula is C29H26BO. The van der Waals surface area contributed by atoms with Gasteiger partial charge in [-0.05, 0) is 71.0 Å². The molecule has 151 valence electrons. The van der Waals surface area contributed by atoms with Crippen LogP contribution in [0.2, 0.25) is 5.82 Å². The van der Waals surface area contributed by atoms with Crippen LogP contribution in [0, 0.1) is 6.92 Å². The Morgan fingerprint density at radius 3 is 2.74 bits per heavy atom. The maximum absolute atomic E-state index is 6.59. The quantitative estimate of drug-likeness (QED) is 0.188. The number of rotatable bonds is 1. The molecule has 7 rings (SSSR count). The highest BCUT2D eigenvalue weighted by Crippen LogP contribution is 2.45. The third-order valence-corrected chi connectivity index (χ3v) is 8.05. The second kappa shape index (κ2) is 6.39. The van der Waals surface area contributed by atoms with E-state index in [0.29, 0.717) is 11.7 Å². The molecule has 0 amide bonds. The van der Waals surface area contributed by atoms with Crippen LogP contribution in [0.4, 0.5) is 0 Å². The molecule has 1 aromatic heterocycles. The van der Waals surface area contributed by atoms with Gasteiger partial charge in [-0.15, -0.1) is 0 Å². The van der Waals surface area contributed by atoms with Gasteiger partial charge in [0.1, 0.15) is 11.3 Å². The van der Waals surface area contributed by atoms with Gasteiger partial charge in [-0.25, -0.2) is 0 Å². The summed E-state index contributed by atoms with van der Waals surface area (Å²) in [6.45, 7) is 4.61. The van der Waals surface area contributed by atoms with Gasteiger partial charge in [0.05, 0.1) is 0 Å². The van der Waals surface area contributed by atoms with Gasteiger partial charge < -0.3 is 4.42 Å². The fraction of sp³-hybridized carbons (Fsp3) is 0.310. The van der Waals surface area contributed by atoms with E-state index in [1.54, 1.807) is 0 Å². The first kappa shape index (κ1) is 17.9. The summed E-state index contributed by atoms with van der Waals surface area (Å²) in [6.07, 6.45) is 15.0. The van der Waals surface area contributed by atoms with Crippen LogP contribution in [0.15, 0.2) is 46.9 Å². The Kier molecular flexibility index (Phi) is 3.69. The van der Waals surface area contributed by atoms with Crippen molar-refractivity contribution < 1.29 is 4.42 Å². The molecule has 31 heavy (non-hydrogen) atoms. The van der Waals surface area contributed by atoms with Crippen molar-refractivity contribution in [1.82, 2.24) is 0 Å². The van der Waals surface area contributed by atoms with Gasteiger partial charge in [-0.2, -0.15) is 0 Å². The van der Waals surface area contributed by atoms with E-state index in [1.165, 1.54) is 67.5 Å². The third-order valence-electron chi connectivity index (χ3n) is 8.05. The van der Waals surface area contributed by atoms with Gasteiger partial charge in [0.2, 0.25) is 0 Å². The second-order valence-corrected chi connectivity index (χ2v) is 9.55. The summed E-state index contributed by atoms with van der Waals surface area (Å²) < 4.78 is 6.59. The zero-order valence-electron chi connectivity index (χ0n) is 18.3. The van der Waals surface area contributed by atoms with Gasteiger partial charge in [-0.3, -0.25) is 0 Å². The highest BCUT2D eigenvalue weighted by Gasteiger charge is 2.34. The number of fused-ring (bicyclic) bond motifs is 10. The summed E-state index contributed by atoms with van der Waals surface area (Å²) >= 11 is 0. The van der Waals surface area contributed by atoms with Crippen molar-refractivity contribution in [2.45, 2.75) is 57.7 Å². The average molecular weight is 401 g/mol. The summed E-state index contributed by atoms with van der Waals surface area (Å²) in [5.41, 5.74) is 8.26. The molecule has 2 aliphatic carbocycles. The first-order valence-electron chi connectivity index (χ1n) is 11.9. The molecule has 1 radical (unpaired) electrons. The molecule has 4 aromatic rings. The van der Waals surface area contributed by atoms with Crippen molar-refractivity contribution in [1.29, 1.82) is 0 Å². The molecule has 3 aromatic carbocycles. The van der Waals surface area contributed by atoms with Crippen LogP contribution >= 0.6 is 0 Å². The molecule has 2 atom stereocenters. The van der Waals surface area contributed by atoms with Gasteiger partial charge >= 0.3 is 0 Å². The lowest BCUT2D eigenvalue weighted by atomic mass is 9.58. The summed E-state index contributed by atoms with van der Waals surface area (Å²) in [7, 11) is 2.59. The van der Waals surface area contributed by atoms with Crippen molar-refractivity contribution in [3.63, 3.8) is 0 Å². The van der Waals surface area contributed by atoms with Crippen LogP contribution in [0.1, 0.15) is 60.1 Å². The smallest absolute Gasteiger partial charge is 0.157 e. The van der Waals surface area contributed by atoms with Crippen LogP contribution < -0.4 is 5.46 Å². The fourth-order valence-corrected chi connectivity index (χ4v) is 6.58. The predicted molar refractivity (Wildman–Crippen MR) is 133 cm³/mol. The molecule has 0 saturated heterocycles. The Bertz CT molecular complexity index is 1470. The van der Waals surface area contributed by atoms with E-state index in [4.69, 9.17) is 4.42 Å². The van der Waals surface area contributed by atoms with Gasteiger partial charge in [0.25, 0.3) is 0 Å². The van der Waals surface area contributed by atoms with Crippen molar-refractivity contribution >= 4 is 51.3 Å².